The number of hydrogen-bond acceptors (Lipinski definition) is 3. The van der Waals surface area contributed by atoms with Crippen LogP contribution in [0.5, 0.6) is 0 Å². The van der Waals surface area contributed by atoms with Crippen LogP contribution in [0.4, 0.5) is 5.69 Å². The Morgan fingerprint density at radius 2 is 2.27 bits per heavy atom. The lowest BCUT2D eigenvalue weighted by molar-refractivity contribution is -0.134. The fourth-order valence-electron chi connectivity index (χ4n) is 0.997. The SMILES string of the molecule is COC(=O)/C=C/CNc1ccccc1Br. The summed E-state index contributed by atoms with van der Waals surface area (Å²) in [6.45, 7) is 0.581. The van der Waals surface area contributed by atoms with Crippen molar-refractivity contribution in [2.24, 2.45) is 0 Å². The monoisotopic (exact) mass is 269 g/mol. The average Bonchev–Trinajstić information content (AvgIpc) is 2.26. The molecular formula is C11H12BrNO2. The second-order valence-corrected chi connectivity index (χ2v) is 3.64. The van der Waals surface area contributed by atoms with Gasteiger partial charge in [-0.05, 0) is 28.1 Å². The first-order chi connectivity index (χ1) is 7.24. The van der Waals surface area contributed by atoms with Crippen molar-refractivity contribution in [2.45, 2.75) is 0 Å². The van der Waals surface area contributed by atoms with Gasteiger partial charge in [0.1, 0.15) is 0 Å². The molecule has 1 N–H and O–H groups in total. The van der Waals surface area contributed by atoms with Crippen molar-refractivity contribution in [3.8, 4) is 0 Å². The number of nitrogens with one attached hydrogen (secondary N) is 1. The molecular weight excluding hydrogens is 258 g/mol. The van der Waals surface area contributed by atoms with Gasteiger partial charge in [0.05, 0.1) is 7.11 Å². The third-order valence-corrected chi connectivity index (χ3v) is 2.43. The van der Waals surface area contributed by atoms with E-state index in [1.165, 1.54) is 13.2 Å². The van der Waals surface area contributed by atoms with E-state index in [1.54, 1.807) is 6.08 Å². The highest BCUT2D eigenvalue weighted by Gasteiger charge is 1.95. The van der Waals surface area contributed by atoms with Crippen molar-refractivity contribution in [1.29, 1.82) is 0 Å². The average molecular weight is 270 g/mol. The molecule has 0 bridgehead atoms. The quantitative estimate of drug-likeness (QED) is 0.675. The van der Waals surface area contributed by atoms with Crippen LogP contribution in [-0.4, -0.2) is 19.6 Å². The first-order valence-corrected chi connectivity index (χ1v) is 5.26. The van der Waals surface area contributed by atoms with Crippen LogP contribution >= 0.6 is 15.9 Å². The highest BCUT2D eigenvalue weighted by atomic mass is 79.9. The van der Waals surface area contributed by atoms with E-state index >= 15 is 0 Å². The number of methoxy groups -OCH3 is 1. The summed E-state index contributed by atoms with van der Waals surface area (Å²) in [5.41, 5.74) is 0.993. The molecule has 80 valence electrons. The fraction of sp³-hybridized carbons (Fsp3) is 0.182. The number of rotatable bonds is 4. The Kier molecular flexibility index (Phi) is 4.90. The Morgan fingerprint density at radius 1 is 1.53 bits per heavy atom. The summed E-state index contributed by atoms with van der Waals surface area (Å²) in [6.07, 6.45) is 3.11. The first-order valence-electron chi connectivity index (χ1n) is 4.47. The molecule has 0 atom stereocenters. The van der Waals surface area contributed by atoms with Gasteiger partial charge in [-0.2, -0.15) is 0 Å². The van der Waals surface area contributed by atoms with E-state index in [-0.39, 0.29) is 5.97 Å². The van der Waals surface area contributed by atoms with Gasteiger partial charge in [0, 0.05) is 22.8 Å². The third-order valence-electron chi connectivity index (χ3n) is 1.74. The maximum atomic E-state index is 10.7. The number of benzene rings is 1. The molecule has 0 amide bonds. The predicted octanol–water partition coefficient (Wildman–Crippen LogP) is 2.59. The molecule has 15 heavy (non-hydrogen) atoms. The minimum atomic E-state index is -0.344. The Hall–Kier alpha value is -1.29. The maximum Gasteiger partial charge on any atom is 0.330 e. The topological polar surface area (TPSA) is 38.3 Å². The molecule has 0 spiro atoms. The fourth-order valence-corrected chi connectivity index (χ4v) is 1.42. The predicted molar refractivity (Wildman–Crippen MR) is 63.8 cm³/mol. The van der Waals surface area contributed by atoms with Gasteiger partial charge in [-0.1, -0.05) is 18.2 Å². The van der Waals surface area contributed by atoms with Gasteiger partial charge < -0.3 is 10.1 Å². The van der Waals surface area contributed by atoms with E-state index in [0.29, 0.717) is 6.54 Å². The zero-order valence-electron chi connectivity index (χ0n) is 8.37. The Labute approximate surface area is 97.3 Å². The van der Waals surface area contributed by atoms with Crippen LogP contribution in [0.1, 0.15) is 0 Å². The van der Waals surface area contributed by atoms with Crippen LogP contribution in [-0.2, 0) is 9.53 Å². The number of carbonyl (C=O) groups is 1. The summed E-state index contributed by atoms with van der Waals surface area (Å²) in [6, 6.07) is 7.79. The van der Waals surface area contributed by atoms with Gasteiger partial charge in [-0.25, -0.2) is 4.79 Å². The molecule has 0 heterocycles. The largest absolute Gasteiger partial charge is 0.466 e. The second kappa shape index (κ2) is 6.24. The third kappa shape index (κ3) is 4.16. The van der Waals surface area contributed by atoms with Crippen LogP contribution in [0.25, 0.3) is 0 Å². The van der Waals surface area contributed by atoms with Crippen molar-refractivity contribution in [3.63, 3.8) is 0 Å². The highest BCUT2D eigenvalue weighted by Crippen LogP contribution is 2.20. The molecule has 0 aliphatic heterocycles. The Morgan fingerprint density at radius 3 is 2.93 bits per heavy atom. The summed E-state index contributed by atoms with van der Waals surface area (Å²) in [4.78, 5) is 10.7. The molecule has 0 aromatic heterocycles. The molecule has 0 fully saturated rings. The molecule has 0 unspecified atom stereocenters. The smallest absolute Gasteiger partial charge is 0.330 e. The molecule has 0 aliphatic rings. The number of ether oxygens (including phenoxy) is 1. The van der Waals surface area contributed by atoms with Crippen LogP contribution in [0.15, 0.2) is 40.9 Å². The standard InChI is InChI=1S/C11H12BrNO2/c1-15-11(14)7-4-8-13-10-6-3-2-5-9(10)12/h2-7,13H,8H2,1H3/b7-4+. The summed E-state index contributed by atoms with van der Waals surface area (Å²) in [5, 5.41) is 3.15. The van der Waals surface area contributed by atoms with Crippen LogP contribution in [0, 0.1) is 0 Å². The van der Waals surface area contributed by atoms with Crippen molar-refractivity contribution >= 4 is 27.6 Å². The van der Waals surface area contributed by atoms with Crippen molar-refractivity contribution in [2.75, 3.05) is 19.0 Å². The summed E-state index contributed by atoms with van der Waals surface area (Å²) in [7, 11) is 1.36. The van der Waals surface area contributed by atoms with E-state index in [1.807, 2.05) is 24.3 Å². The summed E-state index contributed by atoms with van der Waals surface area (Å²) in [5.74, 6) is -0.344. The molecule has 3 nitrogen and oxygen atoms in total. The maximum absolute atomic E-state index is 10.7. The van der Waals surface area contributed by atoms with Crippen molar-refractivity contribution in [3.05, 3.63) is 40.9 Å². The Balaban J connectivity index is 2.41. The molecule has 1 aromatic rings. The molecule has 0 radical (unpaired) electrons. The van der Waals surface area contributed by atoms with Gasteiger partial charge in [0.25, 0.3) is 0 Å². The lowest BCUT2D eigenvalue weighted by Gasteiger charge is -2.04. The van der Waals surface area contributed by atoms with Gasteiger partial charge in [0.2, 0.25) is 0 Å². The van der Waals surface area contributed by atoms with Crippen LogP contribution < -0.4 is 5.32 Å². The highest BCUT2D eigenvalue weighted by molar-refractivity contribution is 9.10. The van der Waals surface area contributed by atoms with Gasteiger partial charge in [-0.15, -0.1) is 0 Å². The van der Waals surface area contributed by atoms with Crippen molar-refractivity contribution in [1.82, 2.24) is 0 Å². The van der Waals surface area contributed by atoms with E-state index in [2.05, 4.69) is 26.0 Å². The number of anilines is 1. The summed E-state index contributed by atoms with van der Waals surface area (Å²) < 4.78 is 5.46. The molecule has 0 saturated carbocycles. The number of esters is 1. The normalized spacial score (nSPS) is 10.3. The zero-order chi connectivity index (χ0) is 11.1. The van der Waals surface area contributed by atoms with Gasteiger partial charge >= 0.3 is 5.97 Å². The first kappa shape index (κ1) is 11.8. The van der Waals surface area contributed by atoms with Crippen LogP contribution in [0.2, 0.25) is 0 Å². The van der Waals surface area contributed by atoms with E-state index in [0.717, 1.165) is 10.2 Å². The molecule has 4 heteroatoms. The molecule has 1 rings (SSSR count). The van der Waals surface area contributed by atoms with Crippen LogP contribution in [0.3, 0.4) is 0 Å². The Bertz CT molecular complexity index is 363. The lowest BCUT2D eigenvalue weighted by atomic mass is 10.3. The van der Waals surface area contributed by atoms with E-state index in [9.17, 15) is 4.79 Å². The van der Waals surface area contributed by atoms with E-state index in [4.69, 9.17) is 0 Å². The second-order valence-electron chi connectivity index (χ2n) is 2.79. The molecule has 0 saturated heterocycles. The van der Waals surface area contributed by atoms with Gasteiger partial charge in [0.15, 0.2) is 0 Å². The minimum Gasteiger partial charge on any atom is -0.466 e. The minimum absolute atomic E-state index is 0.344. The zero-order valence-corrected chi connectivity index (χ0v) is 9.95. The number of para-hydroxylation sites is 1. The number of carbonyl (C=O) groups excluding carboxylic acids is 1. The number of halogens is 1. The van der Waals surface area contributed by atoms with Gasteiger partial charge in [-0.3, -0.25) is 0 Å². The lowest BCUT2D eigenvalue weighted by Crippen LogP contribution is -2.01. The van der Waals surface area contributed by atoms with Crippen molar-refractivity contribution < 1.29 is 9.53 Å². The number of hydrogen-bond donors (Lipinski definition) is 1. The summed E-state index contributed by atoms with van der Waals surface area (Å²) >= 11 is 3.41. The van der Waals surface area contributed by atoms with E-state index < -0.39 is 0 Å². The molecule has 0 aliphatic carbocycles. The molecule has 1 aromatic carbocycles.